The number of hydrogen-bond acceptors (Lipinski definition) is 3. The number of nitro groups is 1. The monoisotopic (exact) mass is 195 g/mol. The Labute approximate surface area is 82.3 Å². The van der Waals surface area contributed by atoms with Gasteiger partial charge in [-0.1, -0.05) is 6.07 Å². The molecule has 14 heavy (non-hydrogen) atoms. The van der Waals surface area contributed by atoms with Gasteiger partial charge in [-0.15, -0.1) is 0 Å². The van der Waals surface area contributed by atoms with E-state index in [1.54, 1.807) is 12.1 Å². The van der Waals surface area contributed by atoms with Gasteiger partial charge in [-0.3, -0.25) is 10.1 Å². The molecule has 0 aliphatic carbocycles. The van der Waals surface area contributed by atoms with E-state index >= 15 is 0 Å². The second-order valence-corrected chi connectivity index (χ2v) is 3.20. The second kappa shape index (κ2) is 4.72. The fourth-order valence-corrected chi connectivity index (χ4v) is 1.31. The van der Waals surface area contributed by atoms with Crippen LogP contribution in [0.5, 0.6) is 0 Å². The van der Waals surface area contributed by atoms with Crippen molar-refractivity contribution in [3.63, 3.8) is 0 Å². The molecular weight excluding hydrogens is 182 g/mol. The summed E-state index contributed by atoms with van der Waals surface area (Å²) in [6.45, 7) is 2.03. The third-order valence-electron chi connectivity index (χ3n) is 2.15. The lowest BCUT2D eigenvalue weighted by Crippen LogP contribution is -1.95. The molecule has 0 aliphatic heterocycles. The SMILES string of the molecule is Cc1ccc([N+](=O)[O-])cc1CCCO. The number of aliphatic hydroxyl groups is 1. The molecule has 4 heteroatoms. The Morgan fingerprint density at radius 3 is 2.79 bits per heavy atom. The van der Waals surface area contributed by atoms with E-state index in [2.05, 4.69) is 0 Å². The van der Waals surface area contributed by atoms with Crippen molar-refractivity contribution in [2.45, 2.75) is 19.8 Å². The third kappa shape index (κ3) is 2.53. The van der Waals surface area contributed by atoms with Gasteiger partial charge in [0.05, 0.1) is 4.92 Å². The summed E-state index contributed by atoms with van der Waals surface area (Å²) in [7, 11) is 0. The number of benzene rings is 1. The molecule has 0 unspecified atom stereocenters. The Balaban J connectivity index is 2.90. The molecule has 1 N–H and O–H groups in total. The van der Waals surface area contributed by atoms with Gasteiger partial charge in [-0.25, -0.2) is 0 Å². The number of aryl methyl sites for hydroxylation is 2. The van der Waals surface area contributed by atoms with Crippen molar-refractivity contribution >= 4 is 5.69 Å². The van der Waals surface area contributed by atoms with Crippen LogP contribution in [0.4, 0.5) is 5.69 Å². The maximum absolute atomic E-state index is 10.5. The Hall–Kier alpha value is -1.42. The minimum absolute atomic E-state index is 0.113. The van der Waals surface area contributed by atoms with Gasteiger partial charge in [0.1, 0.15) is 0 Å². The quantitative estimate of drug-likeness (QED) is 0.588. The van der Waals surface area contributed by atoms with Crippen molar-refractivity contribution in [2.24, 2.45) is 0 Å². The molecule has 0 saturated carbocycles. The normalized spacial score (nSPS) is 10.1. The molecule has 0 amide bonds. The lowest BCUT2D eigenvalue weighted by molar-refractivity contribution is -0.384. The summed E-state index contributed by atoms with van der Waals surface area (Å²) in [5, 5.41) is 19.2. The molecule has 0 heterocycles. The van der Waals surface area contributed by atoms with E-state index in [9.17, 15) is 10.1 Å². The maximum Gasteiger partial charge on any atom is 0.269 e. The summed E-state index contributed by atoms with van der Waals surface area (Å²) < 4.78 is 0. The smallest absolute Gasteiger partial charge is 0.269 e. The second-order valence-electron chi connectivity index (χ2n) is 3.20. The Kier molecular flexibility index (Phi) is 3.59. The average molecular weight is 195 g/mol. The van der Waals surface area contributed by atoms with Gasteiger partial charge in [-0.05, 0) is 30.9 Å². The van der Waals surface area contributed by atoms with Crippen LogP contribution in [0.25, 0.3) is 0 Å². The molecule has 1 aromatic carbocycles. The van der Waals surface area contributed by atoms with Crippen molar-refractivity contribution in [1.29, 1.82) is 0 Å². The predicted molar refractivity (Wildman–Crippen MR) is 53.2 cm³/mol. The molecular formula is C10H13NO3. The van der Waals surface area contributed by atoms with E-state index in [-0.39, 0.29) is 12.3 Å². The maximum atomic E-state index is 10.5. The summed E-state index contributed by atoms with van der Waals surface area (Å²) in [4.78, 5) is 10.1. The van der Waals surface area contributed by atoms with Gasteiger partial charge in [0.2, 0.25) is 0 Å². The molecule has 0 saturated heterocycles. The molecule has 4 nitrogen and oxygen atoms in total. The summed E-state index contributed by atoms with van der Waals surface area (Å²) >= 11 is 0. The molecule has 0 atom stereocenters. The molecule has 0 spiro atoms. The largest absolute Gasteiger partial charge is 0.396 e. The van der Waals surface area contributed by atoms with Crippen molar-refractivity contribution in [3.8, 4) is 0 Å². The van der Waals surface area contributed by atoms with E-state index in [1.807, 2.05) is 6.92 Å². The van der Waals surface area contributed by atoms with Crippen LogP contribution < -0.4 is 0 Å². The first-order valence-electron chi connectivity index (χ1n) is 4.50. The lowest BCUT2D eigenvalue weighted by atomic mass is 10.0. The zero-order valence-corrected chi connectivity index (χ0v) is 8.06. The molecule has 0 aromatic heterocycles. The number of nitrogens with zero attached hydrogens (tertiary/aromatic N) is 1. The fourth-order valence-electron chi connectivity index (χ4n) is 1.31. The van der Waals surface area contributed by atoms with Gasteiger partial charge in [0, 0.05) is 18.7 Å². The minimum atomic E-state index is -0.401. The van der Waals surface area contributed by atoms with Crippen LogP contribution in [0, 0.1) is 17.0 Å². The van der Waals surface area contributed by atoms with Gasteiger partial charge >= 0.3 is 0 Å². The van der Waals surface area contributed by atoms with Gasteiger partial charge in [0.15, 0.2) is 0 Å². The van der Waals surface area contributed by atoms with Crippen LogP contribution in [0.1, 0.15) is 17.5 Å². The van der Waals surface area contributed by atoms with Gasteiger partial charge in [-0.2, -0.15) is 0 Å². The van der Waals surface area contributed by atoms with Crippen LogP contribution in [0.3, 0.4) is 0 Å². The third-order valence-corrected chi connectivity index (χ3v) is 2.15. The highest BCUT2D eigenvalue weighted by molar-refractivity contribution is 5.39. The van der Waals surface area contributed by atoms with Crippen molar-refractivity contribution in [2.75, 3.05) is 6.61 Å². The Morgan fingerprint density at radius 2 is 2.21 bits per heavy atom. The number of non-ortho nitro benzene ring substituents is 1. The van der Waals surface area contributed by atoms with E-state index in [0.29, 0.717) is 12.8 Å². The van der Waals surface area contributed by atoms with E-state index in [1.165, 1.54) is 6.07 Å². The summed E-state index contributed by atoms with van der Waals surface area (Å²) in [5.41, 5.74) is 2.08. The first kappa shape index (κ1) is 10.7. The van der Waals surface area contributed by atoms with Gasteiger partial charge in [0.25, 0.3) is 5.69 Å². The van der Waals surface area contributed by atoms with Crippen LogP contribution in [0.15, 0.2) is 18.2 Å². The zero-order valence-electron chi connectivity index (χ0n) is 8.06. The zero-order chi connectivity index (χ0) is 10.6. The molecule has 0 radical (unpaired) electrons. The number of aliphatic hydroxyl groups excluding tert-OH is 1. The van der Waals surface area contributed by atoms with Gasteiger partial charge < -0.3 is 5.11 Å². The van der Waals surface area contributed by atoms with Crippen molar-refractivity contribution < 1.29 is 10.0 Å². The highest BCUT2D eigenvalue weighted by Gasteiger charge is 2.07. The van der Waals surface area contributed by atoms with Crippen LogP contribution in [-0.2, 0) is 6.42 Å². The summed E-state index contributed by atoms with van der Waals surface area (Å²) in [6, 6.07) is 4.81. The van der Waals surface area contributed by atoms with Crippen LogP contribution >= 0.6 is 0 Å². The number of nitro benzene ring substituents is 1. The van der Waals surface area contributed by atoms with E-state index in [0.717, 1.165) is 11.1 Å². The summed E-state index contributed by atoms with van der Waals surface area (Å²) in [5.74, 6) is 0. The summed E-state index contributed by atoms with van der Waals surface area (Å²) in [6.07, 6.45) is 1.33. The lowest BCUT2D eigenvalue weighted by Gasteiger charge is -2.03. The first-order valence-corrected chi connectivity index (χ1v) is 4.50. The van der Waals surface area contributed by atoms with Crippen LogP contribution in [-0.4, -0.2) is 16.6 Å². The van der Waals surface area contributed by atoms with E-state index in [4.69, 9.17) is 5.11 Å². The predicted octanol–water partition coefficient (Wildman–Crippen LogP) is 1.83. The highest BCUT2D eigenvalue weighted by atomic mass is 16.6. The van der Waals surface area contributed by atoms with Crippen molar-refractivity contribution in [3.05, 3.63) is 39.4 Å². The Bertz CT molecular complexity index is 336. The number of hydrogen-bond donors (Lipinski definition) is 1. The molecule has 1 aromatic rings. The molecule has 0 aliphatic rings. The molecule has 1 rings (SSSR count). The van der Waals surface area contributed by atoms with E-state index < -0.39 is 4.92 Å². The van der Waals surface area contributed by atoms with Crippen LogP contribution in [0.2, 0.25) is 0 Å². The molecule has 0 fully saturated rings. The first-order chi connectivity index (χ1) is 6.65. The Morgan fingerprint density at radius 1 is 1.50 bits per heavy atom. The van der Waals surface area contributed by atoms with Crippen molar-refractivity contribution in [1.82, 2.24) is 0 Å². The molecule has 76 valence electrons. The standard InChI is InChI=1S/C10H13NO3/c1-8-4-5-10(11(13)14)7-9(8)3-2-6-12/h4-5,7,12H,2-3,6H2,1H3. The number of rotatable bonds is 4. The minimum Gasteiger partial charge on any atom is -0.396 e. The highest BCUT2D eigenvalue weighted by Crippen LogP contribution is 2.18. The average Bonchev–Trinajstić information content (AvgIpc) is 2.16. The topological polar surface area (TPSA) is 63.4 Å². The molecule has 0 bridgehead atoms. The fraction of sp³-hybridized carbons (Fsp3) is 0.400.